The number of pyridine rings is 1. The molecule has 4 rings (SSSR count). The number of hydrogen-bond donors (Lipinski definition) is 2. The van der Waals surface area contributed by atoms with Gasteiger partial charge in [-0.1, -0.05) is 63.2 Å². The number of aromatic amines is 1. The van der Waals surface area contributed by atoms with Crippen LogP contribution >= 0.6 is 0 Å². The smallest absolute Gasteiger partial charge is 0.326 e. The SMILES string of the molecule is CCCC(=O)N(Cc1ccc(-c2cc(-c3ccccc3)ccc2-c2nn[nH]n2)nc1)[C@H](C(=O)O)C(C)C. The van der Waals surface area contributed by atoms with E-state index in [4.69, 9.17) is 4.98 Å². The van der Waals surface area contributed by atoms with Gasteiger partial charge in [0.05, 0.1) is 5.69 Å². The third-order valence-corrected chi connectivity index (χ3v) is 6.17. The van der Waals surface area contributed by atoms with Crippen LogP contribution in [0.4, 0.5) is 0 Å². The van der Waals surface area contributed by atoms with E-state index >= 15 is 0 Å². The van der Waals surface area contributed by atoms with Crippen molar-refractivity contribution in [1.82, 2.24) is 30.5 Å². The molecule has 9 nitrogen and oxygen atoms in total. The van der Waals surface area contributed by atoms with Crippen LogP contribution in [0.3, 0.4) is 0 Å². The summed E-state index contributed by atoms with van der Waals surface area (Å²) in [6, 6.07) is 18.9. The van der Waals surface area contributed by atoms with Crippen LogP contribution in [-0.2, 0) is 16.1 Å². The van der Waals surface area contributed by atoms with Gasteiger partial charge in [0.2, 0.25) is 11.7 Å². The van der Waals surface area contributed by atoms with Crippen LogP contribution in [0.2, 0.25) is 0 Å². The number of nitrogens with one attached hydrogen (secondary N) is 1. The highest BCUT2D eigenvalue weighted by Gasteiger charge is 2.32. The molecule has 2 N–H and O–H groups in total. The van der Waals surface area contributed by atoms with E-state index < -0.39 is 12.0 Å². The monoisotopic (exact) mass is 498 g/mol. The molecule has 190 valence electrons. The van der Waals surface area contributed by atoms with Gasteiger partial charge >= 0.3 is 5.97 Å². The third kappa shape index (κ3) is 5.88. The molecular weight excluding hydrogens is 468 g/mol. The fourth-order valence-corrected chi connectivity index (χ4v) is 4.39. The lowest BCUT2D eigenvalue weighted by Crippen LogP contribution is -2.47. The van der Waals surface area contributed by atoms with Crippen LogP contribution in [0.5, 0.6) is 0 Å². The maximum absolute atomic E-state index is 12.9. The fourth-order valence-electron chi connectivity index (χ4n) is 4.39. The van der Waals surface area contributed by atoms with E-state index in [0.29, 0.717) is 24.4 Å². The van der Waals surface area contributed by atoms with E-state index in [1.54, 1.807) is 6.20 Å². The van der Waals surface area contributed by atoms with Gasteiger partial charge in [-0.15, -0.1) is 10.2 Å². The average molecular weight is 499 g/mol. The predicted molar refractivity (Wildman–Crippen MR) is 140 cm³/mol. The number of carbonyl (C=O) groups is 2. The minimum absolute atomic E-state index is 0.170. The van der Waals surface area contributed by atoms with Gasteiger partial charge < -0.3 is 10.0 Å². The van der Waals surface area contributed by atoms with E-state index in [0.717, 1.165) is 27.8 Å². The van der Waals surface area contributed by atoms with Crippen LogP contribution in [0.1, 0.15) is 39.2 Å². The Labute approximate surface area is 215 Å². The van der Waals surface area contributed by atoms with Crippen molar-refractivity contribution in [1.29, 1.82) is 0 Å². The Balaban J connectivity index is 1.69. The minimum Gasteiger partial charge on any atom is -0.480 e. The maximum atomic E-state index is 12.9. The van der Waals surface area contributed by atoms with E-state index in [9.17, 15) is 14.7 Å². The average Bonchev–Trinajstić information content (AvgIpc) is 3.43. The Morgan fingerprint density at radius 2 is 1.78 bits per heavy atom. The zero-order valence-corrected chi connectivity index (χ0v) is 21.1. The van der Waals surface area contributed by atoms with Crippen LogP contribution in [0.15, 0.2) is 66.9 Å². The third-order valence-electron chi connectivity index (χ3n) is 6.17. The second-order valence-electron chi connectivity index (χ2n) is 9.21. The number of carboxylic acid groups (broad SMARTS) is 1. The zero-order valence-electron chi connectivity index (χ0n) is 21.1. The molecule has 1 amide bonds. The first-order valence-corrected chi connectivity index (χ1v) is 12.3. The predicted octanol–water partition coefficient (Wildman–Crippen LogP) is 4.83. The van der Waals surface area contributed by atoms with Crippen molar-refractivity contribution in [2.24, 2.45) is 5.92 Å². The second-order valence-corrected chi connectivity index (χ2v) is 9.21. The number of carboxylic acids is 1. The molecule has 0 unspecified atom stereocenters. The molecule has 0 aliphatic heterocycles. The molecule has 0 saturated carbocycles. The van der Waals surface area contributed by atoms with Gasteiger partial charge in [0.15, 0.2) is 0 Å². The molecule has 37 heavy (non-hydrogen) atoms. The first-order chi connectivity index (χ1) is 17.9. The van der Waals surface area contributed by atoms with Crippen LogP contribution < -0.4 is 0 Å². The van der Waals surface area contributed by atoms with Gasteiger partial charge in [0.25, 0.3) is 0 Å². The molecule has 0 saturated heterocycles. The number of hydrogen-bond acceptors (Lipinski definition) is 6. The largest absolute Gasteiger partial charge is 0.480 e. The Morgan fingerprint density at radius 1 is 1.00 bits per heavy atom. The van der Waals surface area contributed by atoms with Gasteiger partial charge in [-0.05, 0) is 52.4 Å². The summed E-state index contributed by atoms with van der Waals surface area (Å²) >= 11 is 0. The summed E-state index contributed by atoms with van der Waals surface area (Å²) in [5.74, 6) is -0.962. The Bertz CT molecular complexity index is 1340. The summed E-state index contributed by atoms with van der Waals surface area (Å²) < 4.78 is 0. The maximum Gasteiger partial charge on any atom is 0.326 e. The molecule has 0 radical (unpaired) electrons. The lowest BCUT2D eigenvalue weighted by atomic mass is 9.96. The molecule has 2 heterocycles. The molecule has 0 aliphatic carbocycles. The van der Waals surface area contributed by atoms with Crippen molar-refractivity contribution in [2.45, 2.75) is 46.2 Å². The van der Waals surface area contributed by atoms with Crippen molar-refractivity contribution in [3.63, 3.8) is 0 Å². The van der Waals surface area contributed by atoms with Crippen molar-refractivity contribution in [3.05, 3.63) is 72.4 Å². The molecule has 1 atom stereocenters. The van der Waals surface area contributed by atoms with Crippen molar-refractivity contribution < 1.29 is 14.7 Å². The van der Waals surface area contributed by atoms with Gasteiger partial charge in [-0.25, -0.2) is 4.79 Å². The van der Waals surface area contributed by atoms with E-state index in [1.165, 1.54) is 4.90 Å². The summed E-state index contributed by atoms with van der Waals surface area (Å²) in [6.45, 7) is 5.70. The molecule has 0 spiro atoms. The first kappa shape index (κ1) is 25.7. The number of tetrazole rings is 1. The van der Waals surface area contributed by atoms with E-state index in [1.807, 2.05) is 81.4 Å². The fraction of sp³-hybridized carbons (Fsp3) is 0.286. The zero-order chi connectivity index (χ0) is 26.4. The highest BCUT2D eigenvalue weighted by molar-refractivity contribution is 5.84. The van der Waals surface area contributed by atoms with Gasteiger partial charge in [0, 0.05) is 30.3 Å². The molecule has 4 aromatic rings. The minimum atomic E-state index is -1.01. The normalized spacial score (nSPS) is 11.9. The lowest BCUT2D eigenvalue weighted by molar-refractivity contribution is -0.153. The number of aromatic nitrogens is 5. The molecule has 0 fully saturated rings. The van der Waals surface area contributed by atoms with Crippen molar-refractivity contribution in [3.8, 4) is 33.8 Å². The molecule has 9 heteroatoms. The Morgan fingerprint density at radius 3 is 2.38 bits per heavy atom. The molecule has 0 aliphatic rings. The van der Waals surface area contributed by atoms with Crippen LogP contribution in [0.25, 0.3) is 33.8 Å². The highest BCUT2D eigenvalue weighted by Crippen LogP contribution is 2.33. The number of H-pyrrole nitrogens is 1. The van der Waals surface area contributed by atoms with Crippen LogP contribution in [-0.4, -0.2) is 53.5 Å². The lowest BCUT2D eigenvalue weighted by Gasteiger charge is -2.31. The number of aliphatic carboxylic acids is 1. The topological polar surface area (TPSA) is 125 Å². The Hall–Kier alpha value is -4.40. The quantitative estimate of drug-likeness (QED) is 0.321. The number of benzene rings is 2. The summed E-state index contributed by atoms with van der Waals surface area (Å²) in [7, 11) is 0. The molecular formula is C28H30N6O3. The summed E-state index contributed by atoms with van der Waals surface area (Å²) in [5, 5.41) is 24.3. The van der Waals surface area contributed by atoms with E-state index in [-0.39, 0.29) is 18.4 Å². The summed E-state index contributed by atoms with van der Waals surface area (Å²) in [5.41, 5.74) is 5.15. The van der Waals surface area contributed by atoms with Crippen molar-refractivity contribution in [2.75, 3.05) is 0 Å². The standard InChI is InChI=1S/C28H30N6O3/c1-4-8-25(35)34(26(18(2)3)28(36)37)17-19-11-14-24(29-16-19)23-15-21(20-9-6-5-7-10-20)12-13-22(23)27-30-32-33-31-27/h5-7,9-16,18,26H,4,8,17H2,1-3H3,(H,36,37)(H,30,31,32,33)/t26-/m0/s1. The Kier molecular flexibility index (Phi) is 8.02. The number of rotatable bonds is 10. The van der Waals surface area contributed by atoms with Gasteiger partial charge in [0.1, 0.15) is 6.04 Å². The molecule has 0 bridgehead atoms. The van der Waals surface area contributed by atoms with Crippen LogP contribution in [0, 0.1) is 5.92 Å². The first-order valence-electron chi connectivity index (χ1n) is 12.3. The highest BCUT2D eigenvalue weighted by atomic mass is 16.4. The number of nitrogens with zero attached hydrogens (tertiary/aromatic N) is 5. The number of carbonyl (C=O) groups excluding carboxylic acids is 1. The van der Waals surface area contributed by atoms with Gasteiger partial charge in [-0.2, -0.15) is 5.21 Å². The second kappa shape index (κ2) is 11.6. The number of amides is 1. The summed E-state index contributed by atoms with van der Waals surface area (Å²) in [4.78, 5) is 31.0. The summed E-state index contributed by atoms with van der Waals surface area (Å²) in [6.07, 6.45) is 2.63. The molecule has 2 aromatic carbocycles. The van der Waals surface area contributed by atoms with E-state index in [2.05, 4.69) is 20.6 Å². The van der Waals surface area contributed by atoms with Crippen molar-refractivity contribution >= 4 is 11.9 Å². The molecule has 2 aromatic heterocycles. The van der Waals surface area contributed by atoms with Gasteiger partial charge in [-0.3, -0.25) is 9.78 Å².